The molecule has 2 N–H and O–H groups in total. The molecule has 0 bridgehead atoms. The largest absolute Gasteiger partial charge is 0.381 e. The maximum atomic E-state index is 6.11. The van der Waals surface area contributed by atoms with Crippen molar-refractivity contribution in [3.05, 3.63) is 41.7 Å². The van der Waals surface area contributed by atoms with Gasteiger partial charge in [-0.2, -0.15) is 0 Å². The number of benzene rings is 1. The van der Waals surface area contributed by atoms with Crippen LogP contribution in [0.2, 0.25) is 5.02 Å². The summed E-state index contributed by atoms with van der Waals surface area (Å²) in [5.74, 6) is 0.365. The average molecular weight is 246 g/mol. The number of pyridine rings is 1. The summed E-state index contributed by atoms with van der Waals surface area (Å²) >= 11 is 6.11. The minimum Gasteiger partial charge on any atom is -0.381 e. The normalized spacial score (nSPS) is 10.9. The Hall–Kier alpha value is -2.14. The molecule has 0 saturated carbocycles. The number of rotatable bonds is 1. The molecule has 3 aromatic rings. The van der Waals surface area contributed by atoms with Crippen LogP contribution >= 0.6 is 11.6 Å². The Morgan fingerprint density at radius 3 is 2.88 bits per heavy atom. The topological polar surface area (TPSA) is 69.6 Å². The summed E-state index contributed by atoms with van der Waals surface area (Å²) in [5.41, 5.74) is 7.12. The van der Waals surface area contributed by atoms with Gasteiger partial charge in [-0.3, -0.25) is 4.98 Å². The van der Waals surface area contributed by atoms with Gasteiger partial charge in [0.1, 0.15) is 0 Å². The molecule has 0 unspecified atom stereocenters. The summed E-state index contributed by atoms with van der Waals surface area (Å²) in [7, 11) is 0. The third kappa shape index (κ3) is 1.60. The van der Waals surface area contributed by atoms with E-state index in [9.17, 15) is 0 Å². The van der Waals surface area contributed by atoms with Gasteiger partial charge in [-0.1, -0.05) is 16.8 Å². The van der Waals surface area contributed by atoms with E-state index in [1.165, 1.54) is 0 Å². The molecule has 0 fully saturated rings. The van der Waals surface area contributed by atoms with Crippen molar-refractivity contribution in [3.63, 3.8) is 0 Å². The molecule has 0 aliphatic carbocycles. The van der Waals surface area contributed by atoms with Crippen LogP contribution in [0, 0.1) is 0 Å². The van der Waals surface area contributed by atoms with Crippen LogP contribution in [0.1, 0.15) is 0 Å². The van der Waals surface area contributed by atoms with E-state index in [1.807, 2.05) is 18.2 Å². The van der Waals surface area contributed by atoms with E-state index < -0.39 is 0 Å². The van der Waals surface area contributed by atoms with Crippen molar-refractivity contribution < 1.29 is 0 Å². The van der Waals surface area contributed by atoms with Crippen LogP contribution in [-0.4, -0.2) is 20.0 Å². The predicted octanol–water partition coefficient (Wildman–Crippen LogP) is 2.05. The number of aromatic nitrogens is 4. The molecular weight excluding hydrogens is 238 g/mol. The number of hydrogen-bond donors (Lipinski definition) is 1. The van der Waals surface area contributed by atoms with E-state index in [1.54, 1.807) is 23.1 Å². The van der Waals surface area contributed by atoms with E-state index in [-0.39, 0.29) is 0 Å². The molecule has 3 rings (SSSR count). The van der Waals surface area contributed by atoms with E-state index in [0.29, 0.717) is 10.8 Å². The fourth-order valence-electron chi connectivity index (χ4n) is 1.70. The molecule has 6 heteroatoms. The first-order chi connectivity index (χ1) is 8.25. The molecular formula is C11H8ClN5. The highest BCUT2D eigenvalue weighted by Gasteiger charge is 2.08. The number of halogens is 1. The molecule has 1 aromatic carbocycles. The molecule has 0 amide bonds. The first-order valence-corrected chi connectivity index (χ1v) is 5.35. The van der Waals surface area contributed by atoms with Gasteiger partial charge in [0.2, 0.25) is 0 Å². The maximum absolute atomic E-state index is 6.11. The first kappa shape index (κ1) is 10.0. The number of anilines is 1. The molecule has 0 atom stereocenters. The average Bonchev–Trinajstić information content (AvgIpc) is 2.77. The molecule has 0 spiro atoms. The van der Waals surface area contributed by atoms with Crippen LogP contribution in [0.4, 0.5) is 5.82 Å². The van der Waals surface area contributed by atoms with Gasteiger partial charge in [-0.05, 0) is 24.3 Å². The first-order valence-electron chi connectivity index (χ1n) is 4.97. The SMILES string of the molecule is Nc1cn(-c2ccc(Cl)c3cccnc23)nn1. The van der Waals surface area contributed by atoms with Gasteiger partial charge in [-0.15, -0.1) is 5.10 Å². The summed E-state index contributed by atoms with van der Waals surface area (Å²) in [6.07, 6.45) is 3.35. The summed E-state index contributed by atoms with van der Waals surface area (Å²) in [6, 6.07) is 7.40. The number of hydrogen-bond acceptors (Lipinski definition) is 4. The maximum Gasteiger partial charge on any atom is 0.166 e. The van der Waals surface area contributed by atoms with Crippen molar-refractivity contribution in [1.29, 1.82) is 0 Å². The number of fused-ring (bicyclic) bond motifs is 1. The quantitative estimate of drug-likeness (QED) is 0.712. The van der Waals surface area contributed by atoms with Crippen LogP contribution in [0.25, 0.3) is 16.6 Å². The number of nitrogen functional groups attached to an aromatic ring is 1. The van der Waals surface area contributed by atoms with Crippen molar-refractivity contribution in [3.8, 4) is 5.69 Å². The molecule has 0 saturated heterocycles. The van der Waals surface area contributed by atoms with Gasteiger partial charge in [0.05, 0.1) is 22.4 Å². The third-order valence-electron chi connectivity index (χ3n) is 2.45. The molecule has 5 nitrogen and oxygen atoms in total. The minimum absolute atomic E-state index is 0.365. The summed E-state index contributed by atoms with van der Waals surface area (Å²) < 4.78 is 1.58. The van der Waals surface area contributed by atoms with Crippen molar-refractivity contribution in [1.82, 2.24) is 20.0 Å². The fraction of sp³-hybridized carbons (Fsp3) is 0. The Kier molecular flexibility index (Phi) is 2.19. The fourth-order valence-corrected chi connectivity index (χ4v) is 1.92. The number of nitrogens with zero attached hydrogens (tertiary/aromatic N) is 4. The lowest BCUT2D eigenvalue weighted by molar-refractivity contribution is 0.807. The Balaban J connectivity index is 2.34. The molecule has 17 heavy (non-hydrogen) atoms. The Morgan fingerprint density at radius 1 is 1.24 bits per heavy atom. The molecule has 0 aliphatic rings. The minimum atomic E-state index is 0.365. The zero-order valence-electron chi connectivity index (χ0n) is 8.71. The molecule has 84 valence electrons. The van der Waals surface area contributed by atoms with Crippen LogP contribution in [0.5, 0.6) is 0 Å². The van der Waals surface area contributed by atoms with Crippen molar-refractivity contribution in [2.45, 2.75) is 0 Å². The third-order valence-corrected chi connectivity index (χ3v) is 2.78. The van der Waals surface area contributed by atoms with E-state index in [4.69, 9.17) is 17.3 Å². The summed E-state index contributed by atoms with van der Waals surface area (Å²) in [6.45, 7) is 0. The van der Waals surface area contributed by atoms with Gasteiger partial charge in [0.25, 0.3) is 0 Å². The van der Waals surface area contributed by atoms with Crippen molar-refractivity contribution in [2.24, 2.45) is 0 Å². The molecule has 2 heterocycles. The summed E-state index contributed by atoms with van der Waals surface area (Å²) in [4.78, 5) is 4.31. The lowest BCUT2D eigenvalue weighted by atomic mass is 10.2. The molecule has 2 aromatic heterocycles. The van der Waals surface area contributed by atoms with Gasteiger partial charge in [0, 0.05) is 11.6 Å². The van der Waals surface area contributed by atoms with Gasteiger partial charge >= 0.3 is 0 Å². The second-order valence-corrected chi connectivity index (χ2v) is 3.96. The van der Waals surface area contributed by atoms with Crippen molar-refractivity contribution >= 4 is 28.3 Å². The highest BCUT2D eigenvalue weighted by molar-refractivity contribution is 6.35. The highest BCUT2D eigenvalue weighted by Crippen LogP contribution is 2.26. The highest BCUT2D eigenvalue weighted by atomic mass is 35.5. The van der Waals surface area contributed by atoms with E-state index in [2.05, 4.69) is 15.3 Å². The van der Waals surface area contributed by atoms with E-state index >= 15 is 0 Å². The smallest absolute Gasteiger partial charge is 0.166 e. The van der Waals surface area contributed by atoms with Crippen LogP contribution in [0.3, 0.4) is 0 Å². The molecule has 0 aliphatic heterocycles. The predicted molar refractivity (Wildman–Crippen MR) is 66.1 cm³/mol. The van der Waals surface area contributed by atoms with Gasteiger partial charge in [0.15, 0.2) is 5.82 Å². The van der Waals surface area contributed by atoms with Crippen molar-refractivity contribution in [2.75, 3.05) is 5.73 Å². The lowest BCUT2D eigenvalue weighted by Gasteiger charge is -2.05. The van der Waals surface area contributed by atoms with E-state index in [0.717, 1.165) is 16.6 Å². The van der Waals surface area contributed by atoms with Gasteiger partial charge < -0.3 is 5.73 Å². The van der Waals surface area contributed by atoms with Crippen LogP contribution in [0.15, 0.2) is 36.7 Å². The van der Waals surface area contributed by atoms with Crippen LogP contribution < -0.4 is 5.73 Å². The lowest BCUT2D eigenvalue weighted by Crippen LogP contribution is -1.97. The monoisotopic (exact) mass is 245 g/mol. The molecule has 0 radical (unpaired) electrons. The summed E-state index contributed by atoms with van der Waals surface area (Å²) in [5, 5.41) is 9.21. The second-order valence-electron chi connectivity index (χ2n) is 3.55. The number of nitrogens with two attached hydrogens (primary N) is 1. The standard InChI is InChI=1S/C11H8ClN5/c12-8-3-4-9(17-6-10(13)15-16-17)11-7(8)2-1-5-14-11/h1-6H,13H2. The Morgan fingerprint density at radius 2 is 2.12 bits per heavy atom. The Labute approximate surface area is 102 Å². The second kappa shape index (κ2) is 3.71. The zero-order valence-corrected chi connectivity index (χ0v) is 9.46. The zero-order chi connectivity index (χ0) is 11.8. The van der Waals surface area contributed by atoms with Crippen LogP contribution in [-0.2, 0) is 0 Å². The Bertz CT molecular complexity index is 691. The van der Waals surface area contributed by atoms with Gasteiger partial charge in [-0.25, -0.2) is 4.68 Å².